The molecule has 3 heterocycles. The van der Waals surface area contributed by atoms with Gasteiger partial charge in [0, 0.05) is 30.7 Å². The molecule has 0 saturated carbocycles. The van der Waals surface area contributed by atoms with Gasteiger partial charge in [0.05, 0.1) is 10.7 Å². The topological polar surface area (TPSA) is 58.1 Å². The van der Waals surface area contributed by atoms with E-state index in [0.29, 0.717) is 12.6 Å². The van der Waals surface area contributed by atoms with Crippen molar-refractivity contribution in [1.82, 2.24) is 15.3 Å². The number of aryl methyl sites for hydroxylation is 2. The Morgan fingerprint density at radius 3 is 3.05 bits per heavy atom. The van der Waals surface area contributed by atoms with Crippen LogP contribution >= 0.6 is 22.7 Å². The second-order valence-electron chi connectivity index (χ2n) is 5.16. The van der Waals surface area contributed by atoms with Gasteiger partial charge >= 0.3 is 0 Å². The second kappa shape index (κ2) is 6.11. The lowest BCUT2D eigenvalue weighted by Gasteiger charge is -2.24. The molecule has 0 radical (unpaired) electrons. The van der Waals surface area contributed by atoms with Crippen molar-refractivity contribution in [2.75, 3.05) is 18.0 Å². The molecule has 1 aliphatic rings. The van der Waals surface area contributed by atoms with E-state index in [1.165, 1.54) is 11.3 Å². The van der Waals surface area contributed by atoms with Crippen molar-refractivity contribution in [3.8, 4) is 0 Å². The Hall–Kier alpha value is -1.47. The Labute approximate surface area is 132 Å². The van der Waals surface area contributed by atoms with Crippen LogP contribution in [0.4, 0.5) is 5.13 Å². The minimum Gasteiger partial charge on any atom is -0.349 e. The molecule has 3 rings (SSSR count). The highest BCUT2D eigenvalue weighted by Gasteiger charge is 2.27. The SMILES string of the molecule is Cc1nc(C)c(C(=O)NC[C@@H]2CCCN2c2nccs2)s1. The maximum atomic E-state index is 12.3. The highest BCUT2D eigenvalue weighted by Crippen LogP contribution is 2.27. The van der Waals surface area contributed by atoms with Crippen LogP contribution in [0.3, 0.4) is 0 Å². The van der Waals surface area contributed by atoms with E-state index < -0.39 is 0 Å². The number of nitrogens with one attached hydrogen (secondary N) is 1. The molecule has 2 aromatic heterocycles. The van der Waals surface area contributed by atoms with Crippen LogP contribution in [0.2, 0.25) is 0 Å². The molecule has 5 nitrogen and oxygen atoms in total. The van der Waals surface area contributed by atoms with Crippen LogP contribution in [0.1, 0.15) is 33.2 Å². The molecule has 0 aromatic carbocycles. The standard InChI is InChI=1S/C14H18N4OS2/c1-9-12(21-10(2)17-9)13(19)16-8-11-4-3-6-18(11)14-15-5-7-20-14/h5,7,11H,3-4,6,8H2,1-2H3,(H,16,19)/t11-/m0/s1. The zero-order chi connectivity index (χ0) is 14.8. The monoisotopic (exact) mass is 322 g/mol. The van der Waals surface area contributed by atoms with Gasteiger partial charge in [-0.05, 0) is 26.7 Å². The van der Waals surface area contributed by atoms with Crippen molar-refractivity contribution in [1.29, 1.82) is 0 Å². The highest BCUT2D eigenvalue weighted by atomic mass is 32.1. The Morgan fingerprint density at radius 1 is 1.52 bits per heavy atom. The van der Waals surface area contributed by atoms with Gasteiger partial charge in [-0.3, -0.25) is 4.79 Å². The first-order valence-electron chi connectivity index (χ1n) is 7.03. The van der Waals surface area contributed by atoms with Gasteiger partial charge in [0.15, 0.2) is 5.13 Å². The summed E-state index contributed by atoms with van der Waals surface area (Å²) in [5.41, 5.74) is 0.818. The smallest absolute Gasteiger partial charge is 0.263 e. The van der Waals surface area contributed by atoms with Gasteiger partial charge in [-0.2, -0.15) is 0 Å². The zero-order valence-electron chi connectivity index (χ0n) is 12.1. The maximum absolute atomic E-state index is 12.3. The van der Waals surface area contributed by atoms with E-state index in [0.717, 1.165) is 40.1 Å². The van der Waals surface area contributed by atoms with Crippen molar-refractivity contribution in [2.24, 2.45) is 0 Å². The van der Waals surface area contributed by atoms with Gasteiger partial charge in [0.1, 0.15) is 4.88 Å². The lowest BCUT2D eigenvalue weighted by atomic mass is 10.2. The summed E-state index contributed by atoms with van der Waals surface area (Å²) >= 11 is 3.11. The van der Waals surface area contributed by atoms with Gasteiger partial charge in [-0.25, -0.2) is 9.97 Å². The van der Waals surface area contributed by atoms with Crippen molar-refractivity contribution < 1.29 is 4.79 Å². The summed E-state index contributed by atoms with van der Waals surface area (Å²) in [7, 11) is 0. The molecule has 0 spiro atoms. The summed E-state index contributed by atoms with van der Waals surface area (Å²) in [4.78, 5) is 24.0. The molecule has 7 heteroatoms. The Morgan fingerprint density at radius 2 is 2.38 bits per heavy atom. The predicted octanol–water partition coefficient (Wildman–Crippen LogP) is 2.62. The molecule has 0 bridgehead atoms. The van der Waals surface area contributed by atoms with Crippen LogP contribution in [-0.2, 0) is 0 Å². The van der Waals surface area contributed by atoms with Crippen molar-refractivity contribution in [3.05, 3.63) is 27.2 Å². The molecule has 1 fully saturated rings. The van der Waals surface area contributed by atoms with Gasteiger partial charge < -0.3 is 10.2 Å². The highest BCUT2D eigenvalue weighted by molar-refractivity contribution is 7.14. The van der Waals surface area contributed by atoms with Gasteiger partial charge in [-0.1, -0.05) is 0 Å². The van der Waals surface area contributed by atoms with E-state index in [-0.39, 0.29) is 5.91 Å². The first-order chi connectivity index (χ1) is 10.1. The van der Waals surface area contributed by atoms with E-state index in [4.69, 9.17) is 0 Å². The summed E-state index contributed by atoms with van der Waals surface area (Å²) in [6.45, 7) is 5.49. The normalized spacial score (nSPS) is 18.2. The molecular weight excluding hydrogens is 304 g/mol. The molecule has 1 aliphatic heterocycles. The van der Waals surface area contributed by atoms with Crippen molar-refractivity contribution in [3.63, 3.8) is 0 Å². The maximum Gasteiger partial charge on any atom is 0.263 e. The summed E-state index contributed by atoms with van der Waals surface area (Å²) in [5.74, 6) is -0.0101. The zero-order valence-corrected chi connectivity index (χ0v) is 13.8. The van der Waals surface area contributed by atoms with Gasteiger partial charge in [0.25, 0.3) is 5.91 Å². The van der Waals surface area contributed by atoms with Gasteiger partial charge in [0.2, 0.25) is 0 Å². The summed E-state index contributed by atoms with van der Waals surface area (Å²) in [6, 6.07) is 0.342. The van der Waals surface area contributed by atoms with Crippen LogP contribution in [0.25, 0.3) is 0 Å². The fourth-order valence-corrected chi connectivity index (χ4v) is 4.27. The Bertz CT molecular complexity index is 623. The average Bonchev–Trinajstić information content (AvgIpc) is 3.15. The van der Waals surface area contributed by atoms with Crippen LogP contribution < -0.4 is 10.2 Å². The second-order valence-corrected chi connectivity index (χ2v) is 7.24. The fraction of sp³-hybridized carbons (Fsp3) is 0.500. The lowest BCUT2D eigenvalue weighted by molar-refractivity contribution is 0.0954. The number of anilines is 1. The summed E-state index contributed by atoms with van der Waals surface area (Å²) in [5, 5.41) is 7.03. The van der Waals surface area contributed by atoms with Crippen molar-refractivity contribution >= 4 is 33.7 Å². The molecule has 0 aliphatic carbocycles. The van der Waals surface area contributed by atoms with Crippen LogP contribution in [0.15, 0.2) is 11.6 Å². The first-order valence-corrected chi connectivity index (χ1v) is 8.73. The number of hydrogen-bond acceptors (Lipinski definition) is 6. The molecule has 21 heavy (non-hydrogen) atoms. The molecule has 1 amide bonds. The minimum absolute atomic E-state index is 0.0101. The van der Waals surface area contributed by atoms with E-state index >= 15 is 0 Å². The first kappa shape index (κ1) is 14.5. The number of nitrogens with zero attached hydrogens (tertiary/aromatic N) is 3. The third-order valence-electron chi connectivity index (χ3n) is 3.65. The average molecular weight is 322 g/mol. The van der Waals surface area contributed by atoms with Gasteiger partial charge in [-0.15, -0.1) is 22.7 Å². The van der Waals surface area contributed by atoms with E-state index in [2.05, 4.69) is 20.2 Å². The fourth-order valence-electron chi connectivity index (χ4n) is 2.69. The third-order valence-corrected chi connectivity index (χ3v) is 5.53. The summed E-state index contributed by atoms with van der Waals surface area (Å²) in [6.07, 6.45) is 4.08. The number of thiazole rings is 2. The molecule has 112 valence electrons. The molecular formula is C14H18N4OS2. The molecule has 1 atom stereocenters. The lowest BCUT2D eigenvalue weighted by Crippen LogP contribution is -2.40. The number of carbonyl (C=O) groups excluding carboxylic acids is 1. The minimum atomic E-state index is -0.0101. The number of aromatic nitrogens is 2. The van der Waals surface area contributed by atoms with Crippen LogP contribution in [0.5, 0.6) is 0 Å². The van der Waals surface area contributed by atoms with E-state index in [1.807, 2.05) is 25.4 Å². The Balaban J connectivity index is 1.62. The van der Waals surface area contributed by atoms with Crippen LogP contribution in [0, 0.1) is 13.8 Å². The molecule has 0 unspecified atom stereocenters. The molecule has 1 saturated heterocycles. The van der Waals surface area contributed by atoms with E-state index in [1.54, 1.807) is 11.3 Å². The predicted molar refractivity (Wildman–Crippen MR) is 86.4 cm³/mol. The summed E-state index contributed by atoms with van der Waals surface area (Å²) < 4.78 is 0. The number of hydrogen-bond donors (Lipinski definition) is 1. The number of carbonyl (C=O) groups is 1. The largest absolute Gasteiger partial charge is 0.349 e. The quantitative estimate of drug-likeness (QED) is 0.940. The third kappa shape index (κ3) is 3.08. The molecule has 1 N–H and O–H groups in total. The van der Waals surface area contributed by atoms with Crippen LogP contribution in [-0.4, -0.2) is 35.0 Å². The number of amides is 1. The van der Waals surface area contributed by atoms with Crippen molar-refractivity contribution in [2.45, 2.75) is 32.7 Å². The molecule has 2 aromatic rings. The number of rotatable bonds is 4. The Kier molecular flexibility index (Phi) is 4.21. The van der Waals surface area contributed by atoms with E-state index in [9.17, 15) is 4.79 Å².